The fourth-order valence-corrected chi connectivity index (χ4v) is 1.60. The van der Waals surface area contributed by atoms with Gasteiger partial charge in [-0.1, -0.05) is 23.2 Å². The monoisotopic (exact) mass is 267 g/mol. The molecular formula is C7H4BrCl2NO. The minimum Gasteiger partial charge on any atom is -0.366 e. The smallest absolute Gasteiger partial charge is 0.248 e. The number of carbonyl (C=O) groups is 1. The Morgan fingerprint density at radius 1 is 1.42 bits per heavy atom. The average Bonchev–Trinajstić information content (AvgIpc) is 1.99. The highest BCUT2D eigenvalue weighted by Gasteiger charge is 2.08. The molecule has 0 atom stereocenters. The van der Waals surface area contributed by atoms with E-state index in [2.05, 4.69) is 15.9 Å². The molecule has 1 rings (SSSR count). The quantitative estimate of drug-likeness (QED) is 0.782. The van der Waals surface area contributed by atoms with Gasteiger partial charge in [0, 0.05) is 10.0 Å². The van der Waals surface area contributed by atoms with E-state index in [4.69, 9.17) is 28.9 Å². The zero-order valence-electron chi connectivity index (χ0n) is 5.77. The Hall–Kier alpha value is -0.250. The summed E-state index contributed by atoms with van der Waals surface area (Å²) in [7, 11) is 0. The van der Waals surface area contributed by atoms with E-state index in [1.54, 1.807) is 0 Å². The molecule has 0 unspecified atom stereocenters. The third kappa shape index (κ3) is 1.91. The van der Waals surface area contributed by atoms with Crippen LogP contribution in [-0.4, -0.2) is 5.91 Å². The van der Waals surface area contributed by atoms with Gasteiger partial charge in [0.2, 0.25) is 5.91 Å². The summed E-state index contributed by atoms with van der Waals surface area (Å²) in [6, 6.07) is 2.95. The van der Waals surface area contributed by atoms with Crippen LogP contribution in [0.3, 0.4) is 0 Å². The van der Waals surface area contributed by atoms with Crippen LogP contribution >= 0.6 is 39.1 Å². The number of primary amides is 1. The van der Waals surface area contributed by atoms with Gasteiger partial charge in [-0.15, -0.1) is 0 Å². The Kier molecular flexibility index (Phi) is 2.99. The van der Waals surface area contributed by atoms with Gasteiger partial charge in [-0.3, -0.25) is 4.79 Å². The van der Waals surface area contributed by atoms with E-state index >= 15 is 0 Å². The summed E-state index contributed by atoms with van der Waals surface area (Å²) in [4.78, 5) is 10.7. The summed E-state index contributed by atoms with van der Waals surface area (Å²) in [6.07, 6.45) is 0. The second-order valence-corrected chi connectivity index (χ2v) is 3.76. The van der Waals surface area contributed by atoms with Crippen molar-refractivity contribution in [1.29, 1.82) is 0 Å². The molecule has 0 aliphatic rings. The molecule has 5 heteroatoms. The van der Waals surface area contributed by atoms with E-state index in [9.17, 15) is 4.79 Å². The fourth-order valence-electron chi connectivity index (χ4n) is 0.698. The number of hydrogen-bond acceptors (Lipinski definition) is 1. The topological polar surface area (TPSA) is 43.1 Å². The second-order valence-electron chi connectivity index (χ2n) is 2.12. The summed E-state index contributed by atoms with van der Waals surface area (Å²) in [5, 5.41) is 0.682. The highest BCUT2D eigenvalue weighted by Crippen LogP contribution is 2.31. The normalized spacial score (nSPS) is 9.92. The van der Waals surface area contributed by atoms with Crippen molar-refractivity contribution in [2.24, 2.45) is 5.73 Å². The molecule has 2 nitrogen and oxygen atoms in total. The number of benzene rings is 1. The van der Waals surface area contributed by atoms with Gasteiger partial charge >= 0.3 is 0 Å². The zero-order valence-corrected chi connectivity index (χ0v) is 8.87. The molecule has 1 aromatic rings. The van der Waals surface area contributed by atoms with Crippen LogP contribution in [0.15, 0.2) is 16.6 Å². The SMILES string of the molecule is NC(=O)c1cc(Cl)c(Cl)c(Br)c1. The summed E-state index contributed by atoms with van der Waals surface area (Å²) in [6.45, 7) is 0. The predicted molar refractivity (Wildman–Crippen MR) is 52.7 cm³/mol. The van der Waals surface area contributed by atoms with E-state index < -0.39 is 5.91 Å². The Morgan fingerprint density at radius 2 is 2.00 bits per heavy atom. The minimum atomic E-state index is -0.533. The van der Waals surface area contributed by atoms with E-state index in [1.165, 1.54) is 12.1 Å². The lowest BCUT2D eigenvalue weighted by Crippen LogP contribution is -2.10. The van der Waals surface area contributed by atoms with E-state index in [-0.39, 0.29) is 0 Å². The molecule has 12 heavy (non-hydrogen) atoms. The molecule has 0 radical (unpaired) electrons. The molecule has 0 fully saturated rings. The maximum Gasteiger partial charge on any atom is 0.248 e. The van der Waals surface area contributed by atoms with Crippen LogP contribution in [0.5, 0.6) is 0 Å². The molecule has 0 spiro atoms. The third-order valence-electron chi connectivity index (χ3n) is 1.27. The molecule has 0 aromatic heterocycles. The van der Waals surface area contributed by atoms with Crippen LogP contribution in [0.25, 0.3) is 0 Å². The van der Waals surface area contributed by atoms with E-state index in [1.807, 2.05) is 0 Å². The summed E-state index contributed by atoms with van der Waals surface area (Å²) < 4.78 is 0.561. The molecule has 2 N–H and O–H groups in total. The third-order valence-corrected chi connectivity index (χ3v) is 2.92. The van der Waals surface area contributed by atoms with Crippen molar-refractivity contribution >= 4 is 45.0 Å². The highest BCUT2D eigenvalue weighted by molar-refractivity contribution is 9.10. The van der Waals surface area contributed by atoms with E-state index in [0.29, 0.717) is 20.1 Å². The Labute approximate surface area is 87.8 Å². The molecule has 0 aliphatic carbocycles. The first-order chi connectivity index (χ1) is 5.52. The first-order valence-corrected chi connectivity index (χ1v) is 4.51. The molecule has 0 saturated carbocycles. The lowest BCUT2D eigenvalue weighted by Gasteiger charge is -2.01. The standard InChI is InChI=1S/C7H4BrCl2NO/c8-4-1-3(7(11)12)2-5(9)6(4)10/h1-2H,(H2,11,12). The van der Waals surface area contributed by atoms with Gasteiger partial charge in [0.05, 0.1) is 10.0 Å². The number of nitrogens with two attached hydrogens (primary N) is 1. The van der Waals surface area contributed by atoms with Crippen molar-refractivity contribution < 1.29 is 4.79 Å². The average molecular weight is 269 g/mol. The Morgan fingerprint density at radius 3 is 2.42 bits per heavy atom. The number of halogens is 3. The van der Waals surface area contributed by atoms with E-state index in [0.717, 1.165) is 0 Å². The van der Waals surface area contributed by atoms with Crippen LogP contribution in [0, 0.1) is 0 Å². The van der Waals surface area contributed by atoms with Crippen LogP contribution in [0.2, 0.25) is 10.0 Å². The molecule has 0 saturated heterocycles. The van der Waals surface area contributed by atoms with Crippen molar-refractivity contribution in [2.75, 3.05) is 0 Å². The van der Waals surface area contributed by atoms with Gasteiger partial charge in [-0.2, -0.15) is 0 Å². The first-order valence-electron chi connectivity index (χ1n) is 2.96. The molecule has 0 heterocycles. The largest absolute Gasteiger partial charge is 0.366 e. The lowest BCUT2D eigenvalue weighted by atomic mass is 10.2. The number of carbonyl (C=O) groups excluding carboxylic acids is 1. The zero-order chi connectivity index (χ0) is 9.30. The first kappa shape index (κ1) is 9.84. The van der Waals surface area contributed by atoms with Crippen LogP contribution in [-0.2, 0) is 0 Å². The fraction of sp³-hybridized carbons (Fsp3) is 0. The highest BCUT2D eigenvalue weighted by atomic mass is 79.9. The molecule has 0 aliphatic heterocycles. The number of hydrogen-bond donors (Lipinski definition) is 1. The maximum absolute atomic E-state index is 10.7. The van der Waals surface area contributed by atoms with Gasteiger partial charge in [-0.25, -0.2) is 0 Å². The van der Waals surface area contributed by atoms with Gasteiger partial charge in [0.25, 0.3) is 0 Å². The summed E-state index contributed by atoms with van der Waals surface area (Å²) in [5.74, 6) is -0.533. The molecular weight excluding hydrogens is 265 g/mol. The summed E-state index contributed by atoms with van der Waals surface area (Å²) in [5.41, 5.74) is 5.37. The van der Waals surface area contributed by atoms with Crippen molar-refractivity contribution in [1.82, 2.24) is 0 Å². The van der Waals surface area contributed by atoms with Crippen molar-refractivity contribution in [3.63, 3.8) is 0 Å². The minimum absolute atomic E-state index is 0.305. The summed E-state index contributed by atoms with van der Waals surface area (Å²) >= 11 is 14.6. The van der Waals surface area contributed by atoms with Crippen molar-refractivity contribution in [3.8, 4) is 0 Å². The van der Waals surface area contributed by atoms with Gasteiger partial charge < -0.3 is 5.73 Å². The van der Waals surface area contributed by atoms with Gasteiger partial charge in [0.15, 0.2) is 0 Å². The van der Waals surface area contributed by atoms with Crippen LogP contribution in [0.1, 0.15) is 10.4 Å². The predicted octanol–water partition coefficient (Wildman–Crippen LogP) is 2.85. The molecule has 1 amide bonds. The second kappa shape index (κ2) is 3.64. The Bertz CT molecular complexity index is 317. The molecule has 0 bridgehead atoms. The lowest BCUT2D eigenvalue weighted by molar-refractivity contribution is 0.100. The molecule has 64 valence electrons. The van der Waals surface area contributed by atoms with Gasteiger partial charge in [-0.05, 0) is 28.1 Å². The number of amides is 1. The van der Waals surface area contributed by atoms with Crippen LogP contribution < -0.4 is 5.73 Å². The van der Waals surface area contributed by atoms with Crippen molar-refractivity contribution in [2.45, 2.75) is 0 Å². The maximum atomic E-state index is 10.7. The van der Waals surface area contributed by atoms with Crippen LogP contribution in [0.4, 0.5) is 0 Å². The van der Waals surface area contributed by atoms with Crippen molar-refractivity contribution in [3.05, 3.63) is 32.2 Å². The Balaban J connectivity index is 3.31. The number of rotatable bonds is 1. The van der Waals surface area contributed by atoms with Gasteiger partial charge in [0.1, 0.15) is 0 Å². The molecule has 1 aromatic carbocycles.